The average molecular weight is 329 g/mol. The number of halogens is 2. The molecule has 1 fully saturated rings. The third-order valence-corrected chi connectivity index (χ3v) is 3.60. The van der Waals surface area contributed by atoms with Crippen LogP contribution in [0.25, 0.3) is 0 Å². The van der Waals surface area contributed by atoms with Crippen molar-refractivity contribution in [2.75, 3.05) is 4.90 Å². The van der Waals surface area contributed by atoms with Gasteiger partial charge in [-0.25, -0.2) is 4.98 Å². The van der Waals surface area contributed by atoms with Crippen molar-refractivity contribution in [3.8, 4) is 0 Å². The van der Waals surface area contributed by atoms with Gasteiger partial charge >= 0.3 is 0 Å². The molecule has 0 radical (unpaired) electrons. The summed E-state index contributed by atoms with van der Waals surface area (Å²) in [5.74, 6) is 1.75. The summed E-state index contributed by atoms with van der Waals surface area (Å²) in [4.78, 5) is 10.5. The number of nitrogens with zero attached hydrogens (tertiary/aromatic N) is 3. The molecule has 0 aliphatic heterocycles. The van der Waals surface area contributed by atoms with E-state index in [9.17, 15) is 0 Å². The Labute approximate surface area is 118 Å². The maximum atomic E-state index is 5.87. The van der Waals surface area contributed by atoms with Crippen molar-refractivity contribution in [3.63, 3.8) is 0 Å². The van der Waals surface area contributed by atoms with E-state index in [0.29, 0.717) is 12.6 Å². The van der Waals surface area contributed by atoms with Crippen LogP contribution in [0.15, 0.2) is 33.5 Å². The van der Waals surface area contributed by atoms with Crippen molar-refractivity contribution < 1.29 is 4.42 Å². The standard InChI is InChI=1S/C12H11BrClN3O/c13-10-6-15-12(14)16-11(10)17(8-3-4-8)7-9-2-1-5-18-9/h1-2,5-6,8H,3-4,7H2. The van der Waals surface area contributed by atoms with Gasteiger partial charge in [0.2, 0.25) is 5.28 Å². The molecule has 0 amide bonds. The van der Waals surface area contributed by atoms with E-state index in [2.05, 4.69) is 30.8 Å². The molecule has 0 N–H and O–H groups in total. The molecule has 0 spiro atoms. The first-order valence-electron chi connectivity index (χ1n) is 5.71. The van der Waals surface area contributed by atoms with Gasteiger partial charge in [0.15, 0.2) is 0 Å². The smallest absolute Gasteiger partial charge is 0.224 e. The van der Waals surface area contributed by atoms with E-state index in [4.69, 9.17) is 16.0 Å². The van der Waals surface area contributed by atoms with Crippen molar-refractivity contribution >= 4 is 33.3 Å². The van der Waals surface area contributed by atoms with Gasteiger partial charge < -0.3 is 9.32 Å². The minimum Gasteiger partial charge on any atom is -0.467 e. The Morgan fingerprint density at radius 1 is 1.50 bits per heavy atom. The SMILES string of the molecule is Clc1ncc(Br)c(N(Cc2ccco2)C2CC2)n1. The van der Waals surface area contributed by atoms with Crippen LogP contribution in [-0.4, -0.2) is 16.0 Å². The molecule has 0 aromatic carbocycles. The zero-order valence-corrected chi connectivity index (χ0v) is 11.9. The Morgan fingerprint density at radius 3 is 3.00 bits per heavy atom. The molecule has 0 saturated heterocycles. The van der Waals surface area contributed by atoms with Crippen LogP contribution < -0.4 is 4.90 Å². The highest BCUT2D eigenvalue weighted by Gasteiger charge is 2.32. The summed E-state index contributed by atoms with van der Waals surface area (Å²) >= 11 is 9.35. The summed E-state index contributed by atoms with van der Waals surface area (Å²) in [6, 6.07) is 4.37. The minimum atomic E-state index is 0.262. The van der Waals surface area contributed by atoms with Crippen LogP contribution in [-0.2, 0) is 6.54 Å². The van der Waals surface area contributed by atoms with Crippen LogP contribution in [0.4, 0.5) is 5.82 Å². The second-order valence-corrected chi connectivity index (χ2v) is 5.44. The summed E-state index contributed by atoms with van der Waals surface area (Å²) in [7, 11) is 0. The van der Waals surface area contributed by atoms with Crippen LogP contribution in [0.2, 0.25) is 5.28 Å². The Bertz CT molecular complexity index is 542. The van der Waals surface area contributed by atoms with Crippen molar-refractivity contribution in [1.82, 2.24) is 9.97 Å². The average Bonchev–Trinajstić information content (AvgIpc) is 3.07. The van der Waals surface area contributed by atoms with E-state index in [1.807, 2.05) is 12.1 Å². The van der Waals surface area contributed by atoms with Crippen LogP contribution in [0.3, 0.4) is 0 Å². The lowest BCUT2D eigenvalue weighted by Gasteiger charge is -2.23. The fourth-order valence-electron chi connectivity index (χ4n) is 1.87. The number of aromatic nitrogens is 2. The van der Waals surface area contributed by atoms with Gasteiger partial charge in [-0.1, -0.05) is 0 Å². The molecule has 3 rings (SSSR count). The Kier molecular flexibility index (Phi) is 3.26. The molecular weight excluding hydrogens is 318 g/mol. The molecule has 6 heteroatoms. The van der Waals surface area contributed by atoms with Gasteiger partial charge in [-0.2, -0.15) is 4.98 Å². The summed E-state index contributed by atoms with van der Waals surface area (Å²) in [6.07, 6.45) is 5.72. The zero-order chi connectivity index (χ0) is 12.5. The van der Waals surface area contributed by atoms with E-state index in [1.165, 1.54) is 12.8 Å². The van der Waals surface area contributed by atoms with E-state index in [1.54, 1.807) is 12.5 Å². The van der Waals surface area contributed by atoms with E-state index in [-0.39, 0.29) is 5.28 Å². The first-order valence-corrected chi connectivity index (χ1v) is 6.88. The van der Waals surface area contributed by atoms with Gasteiger partial charge in [0.1, 0.15) is 11.6 Å². The van der Waals surface area contributed by atoms with E-state index in [0.717, 1.165) is 16.1 Å². The van der Waals surface area contributed by atoms with Crippen LogP contribution in [0.1, 0.15) is 18.6 Å². The topological polar surface area (TPSA) is 42.2 Å². The third kappa shape index (κ3) is 2.52. The molecule has 18 heavy (non-hydrogen) atoms. The van der Waals surface area contributed by atoms with E-state index < -0.39 is 0 Å². The molecule has 1 aliphatic rings. The molecule has 1 aliphatic carbocycles. The third-order valence-electron chi connectivity index (χ3n) is 2.86. The molecule has 94 valence electrons. The summed E-state index contributed by atoms with van der Waals surface area (Å²) in [6.45, 7) is 0.698. The molecule has 0 atom stereocenters. The normalized spacial score (nSPS) is 14.8. The molecular formula is C12H11BrClN3O. The fourth-order valence-corrected chi connectivity index (χ4v) is 2.42. The Morgan fingerprint density at radius 2 is 2.33 bits per heavy atom. The lowest BCUT2D eigenvalue weighted by Crippen LogP contribution is -2.26. The van der Waals surface area contributed by atoms with Gasteiger partial charge in [0.05, 0.1) is 17.3 Å². The highest BCUT2D eigenvalue weighted by molar-refractivity contribution is 9.10. The monoisotopic (exact) mass is 327 g/mol. The maximum Gasteiger partial charge on any atom is 0.224 e. The molecule has 2 aromatic heterocycles. The highest BCUT2D eigenvalue weighted by atomic mass is 79.9. The predicted molar refractivity (Wildman–Crippen MR) is 72.7 cm³/mol. The largest absolute Gasteiger partial charge is 0.467 e. The summed E-state index contributed by atoms with van der Waals surface area (Å²) < 4.78 is 6.25. The number of furan rings is 1. The van der Waals surface area contributed by atoms with Crippen molar-refractivity contribution in [3.05, 3.63) is 40.1 Å². The van der Waals surface area contributed by atoms with Gasteiger partial charge in [0, 0.05) is 12.2 Å². The fraction of sp³-hybridized carbons (Fsp3) is 0.333. The van der Waals surface area contributed by atoms with Crippen LogP contribution >= 0.6 is 27.5 Å². The van der Waals surface area contributed by atoms with Crippen molar-refractivity contribution in [1.29, 1.82) is 0 Å². The maximum absolute atomic E-state index is 5.87. The number of hydrogen-bond donors (Lipinski definition) is 0. The second-order valence-electron chi connectivity index (χ2n) is 4.25. The Balaban J connectivity index is 1.91. The number of rotatable bonds is 4. The van der Waals surface area contributed by atoms with Gasteiger partial charge in [-0.05, 0) is 52.5 Å². The minimum absolute atomic E-state index is 0.262. The molecule has 2 aromatic rings. The summed E-state index contributed by atoms with van der Waals surface area (Å²) in [5, 5.41) is 0.262. The van der Waals surface area contributed by atoms with Gasteiger partial charge in [-0.15, -0.1) is 0 Å². The molecule has 0 bridgehead atoms. The van der Waals surface area contributed by atoms with E-state index >= 15 is 0 Å². The second kappa shape index (κ2) is 4.90. The highest BCUT2D eigenvalue weighted by Crippen LogP contribution is 2.35. The number of anilines is 1. The lowest BCUT2D eigenvalue weighted by atomic mass is 10.3. The molecule has 2 heterocycles. The first-order chi connectivity index (χ1) is 8.74. The van der Waals surface area contributed by atoms with Crippen LogP contribution in [0, 0.1) is 0 Å². The van der Waals surface area contributed by atoms with Gasteiger partial charge in [-0.3, -0.25) is 0 Å². The molecule has 1 saturated carbocycles. The summed E-state index contributed by atoms with van der Waals surface area (Å²) in [5.41, 5.74) is 0. The molecule has 0 unspecified atom stereocenters. The first kappa shape index (κ1) is 12.0. The van der Waals surface area contributed by atoms with Crippen molar-refractivity contribution in [2.24, 2.45) is 0 Å². The Hall–Kier alpha value is -1.07. The number of hydrogen-bond acceptors (Lipinski definition) is 4. The molecule has 4 nitrogen and oxygen atoms in total. The zero-order valence-electron chi connectivity index (χ0n) is 9.51. The predicted octanol–water partition coefficient (Wildman–Crippen LogP) is 3.65. The lowest BCUT2D eigenvalue weighted by molar-refractivity contribution is 0.500. The van der Waals surface area contributed by atoms with Crippen LogP contribution in [0.5, 0.6) is 0 Å². The van der Waals surface area contributed by atoms with Crippen molar-refractivity contribution in [2.45, 2.75) is 25.4 Å². The quantitative estimate of drug-likeness (QED) is 0.803. The van der Waals surface area contributed by atoms with Gasteiger partial charge in [0.25, 0.3) is 0 Å².